The van der Waals surface area contributed by atoms with E-state index >= 15 is 0 Å². The Morgan fingerprint density at radius 1 is 0.338 bits per heavy atom. The number of ketones is 1. The molecule has 65 heavy (non-hydrogen) atoms. The number of carbonyl (C=O) groups excluding carboxylic acids is 3. The second-order valence-electron chi connectivity index (χ2n) is 20.0. The molecule has 0 aromatic rings. The van der Waals surface area contributed by atoms with Crippen molar-refractivity contribution in [3.63, 3.8) is 0 Å². The van der Waals surface area contributed by atoms with Crippen LogP contribution in [0.15, 0.2) is 0 Å². The van der Waals surface area contributed by atoms with Crippen LogP contribution in [0.25, 0.3) is 0 Å². The highest BCUT2D eigenvalue weighted by atomic mass is 16.6. The van der Waals surface area contributed by atoms with Crippen LogP contribution in [-0.2, 0) is 23.9 Å². The van der Waals surface area contributed by atoms with E-state index in [0.29, 0.717) is 32.1 Å². The molecule has 0 heterocycles. The summed E-state index contributed by atoms with van der Waals surface area (Å²) in [4.78, 5) is 39.5. The topological polar surface area (TPSA) is 130 Å². The molecule has 0 spiro atoms. The van der Waals surface area contributed by atoms with E-state index in [1.54, 1.807) is 0 Å². The average molecular weight is 923 g/mol. The molecular weight excluding hydrogens is 813 g/mol. The maximum absolute atomic E-state index is 13.6. The minimum Gasteiger partial charge on any atom is -0.455 e. The van der Waals surface area contributed by atoms with Crippen molar-refractivity contribution >= 4 is 17.7 Å². The molecule has 8 heteroatoms. The van der Waals surface area contributed by atoms with Crippen molar-refractivity contribution < 1.29 is 39.2 Å². The summed E-state index contributed by atoms with van der Waals surface area (Å²) in [6, 6.07) is 0. The molecular formula is C57H110O8. The first-order valence-corrected chi connectivity index (χ1v) is 28.7. The molecule has 0 radical (unpaired) electrons. The van der Waals surface area contributed by atoms with E-state index in [1.807, 2.05) is 0 Å². The van der Waals surface area contributed by atoms with Gasteiger partial charge in [0.25, 0.3) is 0 Å². The van der Waals surface area contributed by atoms with Gasteiger partial charge in [0.15, 0.2) is 18.0 Å². The molecule has 0 amide bonds. The summed E-state index contributed by atoms with van der Waals surface area (Å²) in [5.41, 5.74) is 0. The van der Waals surface area contributed by atoms with Crippen LogP contribution in [0.2, 0.25) is 0 Å². The van der Waals surface area contributed by atoms with Crippen molar-refractivity contribution in [2.75, 3.05) is 6.61 Å². The molecule has 0 aromatic heterocycles. The standard InChI is InChI=1S/C57H110O8/c1-4-7-10-13-16-18-20-22-24-26-28-30-32-38-43-48-55(62)64-54(50-58)57(65-56(63)49-44-39-33-31-29-27-25-23-21-19-17-14-11-8-5-2)53(61)47-42-37-34-36-41-46-52(60)51(59)45-40-35-15-12-9-6-3/h51-52,54,57-60H,4-50H2,1-3H3. The van der Waals surface area contributed by atoms with Crippen LogP contribution in [0.5, 0.6) is 0 Å². The zero-order valence-electron chi connectivity index (χ0n) is 43.4. The predicted molar refractivity (Wildman–Crippen MR) is 273 cm³/mol. The first-order valence-electron chi connectivity index (χ1n) is 28.7. The molecule has 0 saturated heterocycles. The van der Waals surface area contributed by atoms with Gasteiger partial charge in [0.05, 0.1) is 18.8 Å². The van der Waals surface area contributed by atoms with Crippen molar-refractivity contribution in [1.29, 1.82) is 0 Å². The van der Waals surface area contributed by atoms with Gasteiger partial charge in [-0.05, 0) is 32.1 Å². The van der Waals surface area contributed by atoms with Gasteiger partial charge in [-0.25, -0.2) is 0 Å². The Kier molecular flexibility index (Phi) is 49.2. The second kappa shape index (κ2) is 50.4. The summed E-state index contributed by atoms with van der Waals surface area (Å²) in [6.07, 6.45) is 45.9. The summed E-state index contributed by atoms with van der Waals surface area (Å²) >= 11 is 0. The van der Waals surface area contributed by atoms with Crippen LogP contribution in [0, 0.1) is 0 Å². The van der Waals surface area contributed by atoms with Gasteiger partial charge in [-0.2, -0.15) is 0 Å². The number of aliphatic hydroxyl groups excluding tert-OH is 3. The van der Waals surface area contributed by atoms with Crippen molar-refractivity contribution in [3.05, 3.63) is 0 Å². The molecule has 386 valence electrons. The first kappa shape index (κ1) is 63.5. The fourth-order valence-electron chi connectivity index (χ4n) is 9.10. The van der Waals surface area contributed by atoms with Crippen LogP contribution >= 0.6 is 0 Å². The SMILES string of the molecule is CCCCCCCCCCCCCCCCCC(=O)OC(CO)C(OC(=O)CCCCCCCCCCCCCCCCC)C(=O)CCCCCCCC(O)C(O)CCCCCCCC. The number of esters is 2. The van der Waals surface area contributed by atoms with Crippen LogP contribution in [0.1, 0.15) is 316 Å². The van der Waals surface area contributed by atoms with Gasteiger partial charge in [0, 0.05) is 19.3 Å². The number of aliphatic hydroxyl groups is 3. The lowest BCUT2D eigenvalue weighted by Crippen LogP contribution is -2.43. The number of unbranched alkanes of at least 4 members (excludes halogenated alkanes) is 37. The quantitative estimate of drug-likeness (QED) is 0.0406. The summed E-state index contributed by atoms with van der Waals surface area (Å²) in [6.45, 7) is 6.15. The average Bonchev–Trinajstić information content (AvgIpc) is 3.30. The van der Waals surface area contributed by atoms with Crippen LogP contribution < -0.4 is 0 Å². The zero-order valence-corrected chi connectivity index (χ0v) is 43.4. The zero-order chi connectivity index (χ0) is 47.7. The molecule has 0 bridgehead atoms. The molecule has 0 aliphatic carbocycles. The van der Waals surface area contributed by atoms with Crippen LogP contribution in [0.3, 0.4) is 0 Å². The van der Waals surface area contributed by atoms with Crippen molar-refractivity contribution in [3.8, 4) is 0 Å². The smallest absolute Gasteiger partial charge is 0.306 e. The predicted octanol–water partition coefficient (Wildman–Crippen LogP) is 16.1. The lowest BCUT2D eigenvalue weighted by molar-refractivity contribution is -0.175. The highest BCUT2D eigenvalue weighted by molar-refractivity contribution is 5.86. The maximum Gasteiger partial charge on any atom is 0.306 e. The van der Waals surface area contributed by atoms with Crippen LogP contribution in [-0.4, -0.2) is 64.1 Å². The number of hydrogen-bond donors (Lipinski definition) is 3. The number of Topliss-reactive ketones (excluding diaryl/α,β-unsaturated/α-hetero) is 1. The third kappa shape index (κ3) is 43.5. The second-order valence-corrected chi connectivity index (χ2v) is 20.0. The van der Waals surface area contributed by atoms with Gasteiger partial charge in [0.1, 0.15) is 0 Å². The Morgan fingerprint density at radius 3 is 0.877 bits per heavy atom. The largest absolute Gasteiger partial charge is 0.455 e. The molecule has 0 rings (SSSR count). The molecule has 0 aromatic carbocycles. The molecule has 0 aliphatic heterocycles. The molecule has 4 atom stereocenters. The summed E-state index contributed by atoms with van der Waals surface area (Å²) in [7, 11) is 0. The van der Waals surface area contributed by atoms with Crippen molar-refractivity contribution in [1.82, 2.24) is 0 Å². The van der Waals surface area contributed by atoms with E-state index in [4.69, 9.17) is 9.47 Å². The van der Waals surface area contributed by atoms with Gasteiger partial charge in [-0.3, -0.25) is 14.4 Å². The Bertz CT molecular complexity index is 1020. The third-order valence-corrected chi connectivity index (χ3v) is 13.6. The maximum atomic E-state index is 13.6. The van der Waals surface area contributed by atoms with E-state index in [2.05, 4.69) is 20.8 Å². The van der Waals surface area contributed by atoms with E-state index in [1.165, 1.54) is 173 Å². The highest BCUT2D eigenvalue weighted by Gasteiger charge is 2.34. The van der Waals surface area contributed by atoms with E-state index in [-0.39, 0.29) is 25.0 Å². The van der Waals surface area contributed by atoms with Gasteiger partial charge >= 0.3 is 11.9 Å². The normalized spacial score (nSPS) is 13.4. The Balaban J connectivity index is 4.68. The number of rotatable bonds is 53. The fraction of sp³-hybridized carbons (Fsp3) is 0.947. The van der Waals surface area contributed by atoms with E-state index < -0.39 is 43.0 Å². The van der Waals surface area contributed by atoms with Crippen molar-refractivity contribution in [2.24, 2.45) is 0 Å². The summed E-state index contributed by atoms with van der Waals surface area (Å²) in [5, 5.41) is 31.1. The Labute approximate surface area is 402 Å². The van der Waals surface area contributed by atoms with Gasteiger partial charge in [-0.1, -0.05) is 265 Å². The minimum absolute atomic E-state index is 0.170. The Morgan fingerprint density at radius 2 is 0.585 bits per heavy atom. The highest BCUT2D eigenvalue weighted by Crippen LogP contribution is 2.20. The fourth-order valence-corrected chi connectivity index (χ4v) is 9.10. The number of hydrogen-bond acceptors (Lipinski definition) is 8. The van der Waals surface area contributed by atoms with E-state index in [0.717, 1.165) is 70.6 Å². The van der Waals surface area contributed by atoms with Gasteiger partial charge in [0.2, 0.25) is 0 Å². The van der Waals surface area contributed by atoms with Gasteiger partial charge in [-0.15, -0.1) is 0 Å². The third-order valence-electron chi connectivity index (χ3n) is 13.6. The molecule has 4 unspecified atom stereocenters. The van der Waals surface area contributed by atoms with Crippen molar-refractivity contribution in [2.45, 2.75) is 341 Å². The molecule has 0 aliphatic rings. The summed E-state index contributed by atoms with van der Waals surface area (Å²) in [5.74, 6) is -1.26. The molecule has 8 nitrogen and oxygen atoms in total. The number of carbonyl (C=O) groups is 3. The minimum atomic E-state index is -1.31. The lowest BCUT2D eigenvalue weighted by Gasteiger charge is -2.25. The molecule has 3 N–H and O–H groups in total. The Hall–Kier alpha value is -1.51. The number of ether oxygens (including phenoxy) is 2. The monoisotopic (exact) mass is 923 g/mol. The lowest BCUT2D eigenvalue weighted by atomic mass is 9.99. The molecule has 0 saturated carbocycles. The molecule has 0 fully saturated rings. The summed E-state index contributed by atoms with van der Waals surface area (Å²) < 4.78 is 11.4. The van der Waals surface area contributed by atoms with E-state index in [9.17, 15) is 29.7 Å². The first-order chi connectivity index (χ1) is 31.8. The van der Waals surface area contributed by atoms with Gasteiger partial charge < -0.3 is 24.8 Å². The van der Waals surface area contributed by atoms with Crippen LogP contribution in [0.4, 0.5) is 0 Å².